The maximum absolute atomic E-state index is 12.6. The van der Waals surface area contributed by atoms with E-state index < -0.39 is 29.2 Å². The third kappa shape index (κ3) is 3.75. The number of nitrogens with zero attached hydrogens (tertiary/aromatic N) is 4. The van der Waals surface area contributed by atoms with Gasteiger partial charge in [-0.15, -0.1) is 0 Å². The van der Waals surface area contributed by atoms with Crippen LogP contribution in [0.1, 0.15) is 29.8 Å². The van der Waals surface area contributed by atoms with Crippen LogP contribution in [0.2, 0.25) is 0 Å². The van der Waals surface area contributed by atoms with Crippen LogP contribution in [0.5, 0.6) is 0 Å². The van der Waals surface area contributed by atoms with E-state index in [4.69, 9.17) is 0 Å². The van der Waals surface area contributed by atoms with E-state index in [2.05, 4.69) is 15.5 Å². The highest BCUT2D eigenvalue weighted by Gasteiger charge is 2.30. The molecule has 1 unspecified atom stereocenters. The first-order valence-electron chi connectivity index (χ1n) is 8.44. The number of hydrogen-bond acceptors (Lipinski definition) is 4. The van der Waals surface area contributed by atoms with Gasteiger partial charge in [-0.3, -0.25) is 14.3 Å². The molecular weight excluding hydrogens is 375 g/mol. The van der Waals surface area contributed by atoms with Gasteiger partial charge in [0.2, 0.25) is 5.91 Å². The average molecular weight is 393 g/mol. The van der Waals surface area contributed by atoms with Crippen molar-refractivity contribution >= 4 is 16.8 Å². The summed E-state index contributed by atoms with van der Waals surface area (Å²) >= 11 is 0. The molecular formula is C18H18F3N5O2. The molecule has 7 nitrogen and oxygen atoms in total. The van der Waals surface area contributed by atoms with Gasteiger partial charge in [0.05, 0.1) is 23.5 Å². The molecule has 0 saturated carbocycles. The SMILES string of the molecule is Cc1nn(CC(=O)NC(C)c2ccc(C(F)(F)F)cc2)c(=O)c2c1cnn2C. The van der Waals surface area contributed by atoms with Crippen LogP contribution in [0.25, 0.3) is 10.9 Å². The quantitative estimate of drug-likeness (QED) is 0.738. The lowest BCUT2D eigenvalue weighted by molar-refractivity contribution is -0.137. The summed E-state index contributed by atoms with van der Waals surface area (Å²) in [5.74, 6) is -0.483. The highest BCUT2D eigenvalue weighted by molar-refractivity contribution is 5.80. The number of alkyl halides is 3. The molecule has 28 heavy (non-hydrogen) atoms. The normalized spacial score (nSPS) is 12.9. The summed E-state index contributed by atoms with van der Waals surface area (Å²) in [5.41, 5.74) is 0.214. The Bertz CT molecular complexity index is 1080. The lowest BCUT2D eigenvalue weighted by Crippen LogP contribution is -2.35. The van der Waals surface area contributed by atoms with E-state index in [1.807, 2.05) is 0 Å². The molecule has 0 aliphatic carbocycles. The van der Waals surface area contributed by atoms with E-state index in [0.717, 1.165) is 16.8 Å². The Labute approximate surface area is 157 Å². The van der Waals surface area contributed by atoms with Gasteiger partial charge >= 0.3 is 6.18 Å². The molecule has 1 N–H and O–H groups in total. The largest absolute Gasteiger partial charge is 0.416 e. The molecule has 0 radical (unpaired) electrons. The fourth-order valence-corrected chi connectivity index (χ4v) is 2.93. The molecule has 2 heterocycles. The smallest absolute Gasteiger partial charge is 0.348 e. The highest BCUT2D eigenvalue weighted by atomic mass is 19.4. The minimum Gasteiger partial charge on any atom is -0.348 e. The number of rotatable bonds is 4. The highest BCUT2D eigenvalue weighted by Crippen LogP contribution is 2.29. The fraction of sp³-hybridized carbons (Fsp3) is 0.333. The Morgan fingerprint density at radius 2 is 1.89 bits per heavy atom. The summed E-state index contributed by atoms with van der Waals surface area (Å²) in [7, 11) is 1.63. The molecule has 0 spiro atoms. The molecule has 3 rings (SSSR count). The second-order valence-electron chi connectivity index (χ2n) is 6.49. The van der Waals surface area contributed by atoms with Crippen LogP contribution in [0, 0.1) is 6.92 Å². The molecule has 0 fully saturated rings. The monoisotopic (exact) mass is 393 g/mol. The second-order valence-corrected chi connectivity index (χ2v) is 6.49. The summed E-state index contributed by atoms with van der Waals surface area (Å²) in [6.07, 6.45) is -2.88. The fourth-order valence-electron chi connectivity index (χ4n) is 2.93. The van der Waals surface area contributed by atoms with Crippen LogP contribution in [0.15, 0.2) is 35.3 Å². The first-order valence-corrected chi connectivity index (χ1v) is 8.44. The molecule has 1 aromatic carbocycles. The standard InChI is InChI=1S/C18H18F3N5O2/c1-10(12-4-6-13(7-5-12)18(19,20)21)23-15(27)9-26-17(28)16-14(11(2)24-26)8-22-25(16)3/h4-8,10H,9H2,1-3H3,(H,23,27). The summed E-state index contributed by atoms with van der Waals surface area (Å²) in [6, 6.07) is 4.01. The molecule has 0 saturated heterocycles. The Balaban J connectivity index is 1.75. The third-order valence-corrected chi connectivity index (χ3v) is 4.45. The first-order chi connectivity index (χ1) is 13.1. The third-order valence-electron chi connectivity index (χ3n) is 4.45. The van der Waals surface area contributed by atoms with Crippen molar-refractivity contribution in [2.24, 2.45) is 7.05 Å². The van der Waals surface area contributed by atoms with Crippen LogP contribution in [-0.4, -0.2) is 25.5 Å². The van der Waals surface area contributed by atoms with Crippen LogP contribution in [-0.2, 0) is 24.6 Å². The summed E-state index contributed by atoms with van der Waals surface area (Å²) < 4.78 is 40.4. The van der Waals surface area contributed by atoms with Gasteiger partial charge in [0, 0.05) is 12.4 Å². The van der Waals surface area contributed by atoms with Crippen molar-refractivity contribution in [3.63, 3.8) is 0 Å². The zero-order valence-electron chi connectivity index (χ0n) is 15.4. The summed E-state index contributed by atoms with van der Waals surface area (Å²) in [4.78, 5) is 24.9. The van der Waals surface area contributed by atoms with Crippen molar-refractivity contribution in [1.29, 1.82) is 0 Å². The van der Waals surface area contributed by atoms with Crippen LogP contribution >= 0.6 is 0 Å². The zero-order valence-corrected chi connectivity index (χ0v) is 15.4. The molecule has 0 bridgehead atoms. The number of hydrogen-bond donors (Lipinski definition) is 1. The second kappa shape index (κ2) is 7.10. The van der Waals surface area contributed by atoms with Crippen molar-refractivity contribution in [3.05, 3.63) is 57.6 Å². The van der Waals surface area contributed by atoms with E-state index in [1.165, 1.54) is 23.0 Å². The van der Waals surface area contributed by atoms with E-state index in [0.29, 0.717) is 22.2 Å². The average Bonchev–Trinajstić information content (AvgIpc) is 3.01. The van der Waals surface area contributed by atoms with Gasteiger partial charge in [0.25, 0.3) is 5.56 Å². The number of aromatic nitrogens is 4. The predicted molar refractivity (Wildman–Crippen MR) is 95.5 cm³/mol. The number of carbonyl (C=O) groups excluding carboxylic acids is 1. The van der Waals surface area contributed by atoms with E-state index >= 15 is 0 Å². The van der Waals surface area contributed by atoms with Crippen molar-refractivity contribution in [2.75, 3.05) is 0 Å². The van der Waals surface area contributed by atoms with Gasteiger partial charge in [-0.05, 0) is 31.5 Å². The Morgan fingerprint density at radius 3 is 2.50 bits per heavy atom. The van der Waals surface area contributed by atoms with Crippen molar-refractivity contribution in [2.45, 2.75) is 32.6 Å². The van der Waals surface area contributed by atoms with Crippen LogP contribution in [0.4, 0.5) is 13.2 Å². The van der Waals surface area contributed by atoms with Gasteiger partial charge < -0.3 is 5.32 Å². The molecule has 1 amide bonds. The maximum atomic E-state index is 12.6. The predicted octanol–water partition coefficient (Wildman–Crippen LogP) is 2.33. The molecule has 2 aromatic heterocycles. The van der Waals surface area contributed by atoms with Gasteiger partial charge in [-0.2, -0.15) is 23.4 Å². The molecule has 10 heteroatoms. The van der Waals surface area contributed by atoms with Crippen molar-refractivity contribution in [3.8, 4) is 0 Å². The van der Waals surface area contributed by atoms with E-state index in [1.54, 1.807) is 20.9 Å². The number of nitrogens with one attached hydrogen (secondary N) is 1. The number of carbonyl (C=O) groups is 1. The molecule has 0 aliphatic rings. The van der Waals surface area contributed by atoms with Gasteiger partial charge in [0.1, 0.15) is 12.1 Å². The number of benzene rings is 1. The minimum atomic E-state index is -4.42. The number of amides is 1. The number of halogens is 3. The number of fused-ring (bicyclic) bond motifs is 1. The van der Waals surface area contributed by atoms with E-state index in [-0.39, 0.29) is 6.54 Å². The van der Waals surface area contributed by atoms with Gasteiger partial charge in [-0.25, -0.2) is 4.68 Å². The maximum Gasteiger partial charge on any atom is 0.416 e. The minimum absolute atomic E-state index is 0.314. The molecule has 1 atom stereocenters. The summed E-state index contributed by atoms with van der Waals surface area (Å²) in [5, 5.41) is 11.4. The lowest BCUT2D eigenvalue weighted by Gasteiger charge is -2.16. The van der Waals surface area contributed by atoms with Crippen LogP contribution in [0.3, 0.4) is 0 Å². The Hall–Kier alpha value is -3.17. The van der Waals surface area contributed by atoms with Crippen molar-refractivity contribution < 1.29 is 18.0 Å². The lowest BCUT2D eigenvalue weighted by atomic mass is 10.1. The van der Waals surface area contributed by atoms with Gasteiger partial charge in [-0.1, -0.05) is 12.1 Å². The van der Waals surface area contributed by atoms with Crippen LogP contribution < -0.4 is 10.9 Å². The Kier molecular flexibility index (Phi) is 4.97. The summed E-state index contributed by atoms with van der Waals surface area (Å²) in [6.45, 7) is 3.04. The molecule has 148 valence electrons. The topological polar surface area (TPSA) is 81.8 Å². The Morgan fingerprint density at radius 1 is 1.25 bits per heavy atom. The van der Waals surface area contributed by atoms with Crippen molar-refractivity contribution in [1.82, 2.24) is 24.9 Å². The molecule has 3 aromatic rings. The van der Waals surface area contributed by atoms with Gasteiger partial charge in [0.15, 0.2) is 0 Å². The zero-order chi connectivity index (χ0) is 20.6. The first kappa shape index (κ1) is 19.6. The van der Waals surface area contributed by atoms with E-state index in [9.17, 15) is 22.8 Å². The number of aryl methyl sites for hydroxylation is 2. The molecule has 0 aliphatic heterocycles.